The molecule has 4 saturated carbocycles. The summed E-state index contributed by atoms with van der Waals surface area (Å²) in [5.74, 6) is 2.36. The van der Waals surface area contributed by atoms with Crippen molar-refractivity contribution in [3.63, 3.8) is 0 Å². The fourth-order valence-corrected chi connectivity index (χ4v) is 8.73. The van der Waals surface area contributed by atoms with Gasteiger partial charge in [-0.3, -0.25) is 4.79 Å². The normalized spacial score (nSPS) is 51.7. The first-order valence-electron chi connectivity index (χ1n) is 11.7. The highest BCUT2D eigenvalue weighted by Gasteiger charge is 2.62. The van der Waals surface area contributed by atoms with E-state index < -0.39 is 5.97 Å². The van der Waals surface area contributed by atoms with Gasteiger partial charge in [0.1, 0.15) is 0 Å². The van der Waals surface area contributed by atoms with Crippen molar-refractivity contribution in [2.45, 2.75) is 97.2 Å². The summed E-state index contributed by atoms with van der Waals surface area (Å²) in [6, 6.07) is 0. The number of rotatable bonds is 4. The second-order valence-corrected chi connectivity index (χ2v) is 11.4. The van der Waals surface area contributed by atoms with Crippen LogP contribution in [0.25, 0.3) is 0 Å². The molecule has 0 heterocycles. The minimum atomic E-state index is -0.684. The molecule has 0 aromatic heterocycles. The molecule has 4 aliphatic rings. The Labute approximate surface area is 170 Å². The lowest BCUT2D eigenvalue weighted by Gasteiger charge is -2.62. The number of fused-ring (bicyclic) bond motifs is 5. The first-order chi connectivity index (χ1) is 13.2. The fraction of sp³-hybridized carbons (Fsp3) is 0.958. The Morgan fingerprint density at radius 1 is 1.00 bits per heavy atom. The minimum Gasteiger partial charge on any atom is -0.481 e. The number of aliphatic hydroxyl groups is 2. The molecule has 4 heteroatoms. The van der Waals surface area contributed by atoms with Gasteiger partial charge in [-0.25, -0.2) is 0 Å². The smallest absolute Gasteiger partial charge is 0.303 e. The van der Waals surface area contributed by atoms with Crippen LogP contribution in [0.1, 0.15) is 85.0 Å². The predicted octanol–water partition coefficient (Wildman–Crippen LogP) is 4.48. The van der Waals surface area contributed by atoms with Crippen LogP contribution in [0.15, 0.2) is 0 Å². The van der Waals surface area contributed by atoms with Crippen LogP contribution < -0.4 is 0 Å². The van der Waals surface area contributed by atoms with Crippen LogP contribution >= 0.6 is 0 Å². The second kappa shape index (κ2) is 7.27. The highest BCUT2D eigenvalue weighted by Crippen LogP contribution is 2.68. The molecule has 0 saturated heterocycles. The van der Waals surface area contributed by atoms with E-state index >= 15 is 0 Å². The Kier molecular flexibility index (Phi) is 5.36. The molecule has 3 N–H and O–H groups in total. The lowest BCUT2D eigenvalue weighted by atomic mass is 9.43. The summed E-state index contributed by atoms with van der Waals surface area (Å²) >= 11 is 0. The van der Waals surface area contributed by atoms with Gasteiger partial charge in [0.2, 0.25) is 0 Å². The van der Waals surface area contributed by atoms with Gasteiger partial charge < -0.3 is 15.3 Å². The molecule has 28 heavy (non-hydrogen) atoms. The van der Waals surface area contributed by atoms with E-state index in [-0.39, 0.29) is 29.5 Å². The highest BCUT2D eigenvalue weighted by atomic mass is 16.4. The average molecular weight is 393 g/mol. The largest absolute Gasteiger partial charge is 0.481 e. The van der Waals surface area contributed by atoms with E-state index in [0.717, 1.165) is 32.1 Å². The summed E-state index contributed by atoms with van der Waals surface area (Å²) in [6.07, 6.45) is 9.19. The first kappa shape index (κ1) is 20.7. The molecule has 0 spiro atoms. The van der Waals surface area contributed by atoms with Gasteiger partial charge in [0, 0.05) is 6.42 Å². The molecular weight excluding hydrogens is 352 g/mol. The number of carboxylic acids is 1. The van der Waals surface area contributed by atoms with Crippen molar-refractivity contribution >= 4 is 5.97 Å². The van der Waals surface area contributed by atoms with E-state index in [0.29, 0.717) is 35.5 Å². The highest BCUT2D eigenvalue weighted by molar-refractivity contribution is 5.66. The number of carbonyl (C=O) groups is 1. The Hall–Kier alpha value is -0.610. The number of aliphatic carboxylic acids is 1. The summed E-state index contributed by atoms with van der Waals surface area (Å²) < 4.78 is 0. The van der Waals surface area contributed by atoms with E-state index in [1.807, 2.05) is 0 Å². The van der Waals surface area contributed by atoms with E-state index in [2.05, 4.69) is 20.8 Å². The summed E-state index contributed by atoms with van der Waals surface area (Å²) in [5, 5.41) is 30.5. The molecule has 4 nitrogen and oxygen atoms in total. The average Bonchev–Trinajstić information content (AvgIpc) is 2.98. The van der Waals surface area contributed by atoms with Crippen molar-refractivity contribution in [3.05, 3.63) is 0 Å². The van der Waals surface area contributed by atoms with Gasteiger partial charge in [0.15, 0.2) is 0 Å². The van der Waals surface area contributed by atoms with Crippen LogP contribution in [-0.2, 0) is 4.79 Å². The number of aliphatic hydroxyl groups excluding tert-OH is 2. The second-order valence-electron chi connectivity index (χ2n) is 11.4. The van der Waals surface area contributed by atoms with Crippen molar-refractivity contribution in [2.24, 2.45) is 46.3 Å². The SMILES string of the molecule is C[C@H](CCC(=O)O)[C@H]1CC[C@H]2C3C(O)CC4C[C@H](O)CC[C@]4(C)[C@H]3CC[C@]12C. The maximum atomic E-state index is 11.2. The zero-order valence-electron chi connectivity index (χ0n) is 17.9. The zero-order valence-corrected chi connectivity index (χ0v) is 17.9. The van der Waals surface area contributed by atoms with Gasteiger partial charge in [0.05, 0.1) is 12.2 Å². The van der Waals surface area contributed by atoms with E-state index in [1.54, 1.807) is 0 Å². The molecule has 0 amide bonds. The first-order valence-corrected chi connectivity index (χ1v) is 11.7. The lowest BCUT2D eigenvalue weighted by molar-refractivity contribution is -0.174. The molecule has 4 fully saturated rings. The van der Waals surface area contributed by atoms with E-state index in [9.17, 15) is 15.0 Å². The standard InChI is InChI=1S/C24H40O4/c1-14(4-7-21(27)28)17-5-6-18-22-19(9-11-24(17,18)3)23(2)10-8-16(25)12-15(23)13-20(22)26/h14-20,22,25-26H,4-13H2,1-3H3,(H,27,28)/t14-,15?,16-,17-,18+,19+,20?,22?,23+,24-/m1/s1. The lowest BCUT2D eigenvalue weighted by Crippen LogP contribution is -2.58. The molecule has 0 aromatic rings. The van der Waals surface area contributed by atoms with Crippen LogP contribution in [0.2, 0.25) is 0 Å². The van der Waals surface area contributed by atoms with Crippen molar-refractivity contribution < 1.29 is 20.1 Å². The van der Waals surface area contributed by atoms with Crippen molar-refractivity contribution in [1.82, 2.24) is 0 Å². The van der Waals surface area contributed by atoms with E-state index in [4.69, 9.17) is 5.11 Å². The van der Waals surface area contributed by atoms with Crippen LogP contribution in [0.4, 0.5) is 0 Å². The number of hydrogen-bond acceptors (Lipinski definition) is 3. The predicted molar refractivity (Wildman–Crippen MR) is 109 cm³/mol. The molecule has 0 aliphatic heterocycles. The maximum Gasteiger partial charge on any atom is 0.303 e. The van der Waals surface area contributed by atoms with Crippen LogP contribution in [-0.4, -0.2) is 33.5 Å². The molecule has 0 radical (unpaired) electrons. The Morgan fingerprint density at radius 2 is 1.68 bits per heavy atom. The number of carboxylic acid groups (broad SMARTS) is 1. The summed E-state index contributed by atoms with van der Waals surface area (Å²) in [5.41, 5.74) is 0.523. The minimum absolute atomic E-state index is 0.179. The molecule has 0 bridgehead atoms. The zero-order chi connectivity index (χ0) is 20.3. The Bertz CT molecular complexity index is 605. The third kappa shape index (κ3) is 3.14. The van der Waals surface area contributed by atoms with Gasteiger partial charge in [0.25, 0.3) is 0 Å². The third-order valence-electron chi connectivity index (χ3n) is 10.2. The van der Waals surface area contributed by atoms with Crippen molar-refractivity contribution in [2.75, 3.05) is 0 Å². The molecule has 3 unspecified atom stereocenters. The topological polar surface area (TPSA) is 77.8 Å². The van der Waals surface area contributed by atoms with Crippen LogP contribution in [0.3, 0.4) is 0 Å². The van der Waals surface area contributed by atoms with Crippen LogP contribution in [0, 0.1) is 46.3 Å². The maximum absolute atomic E-state index is 11.2. The molecule has 10 atom stereocenters. The quantitative estimate of drug-likeness (QED) is 0.659. The van der Waals surface area contributed by atoms with E-state index in [1.165, 1.54) is 25.7 Å². The van der Waals surface area contributed by atoms with Gasteiger partial charge in [-0.15, -0.1) is 0 Å². The summed E-state index contributed by atoms with van der Waals surface area (Å²) in [7, 11) is 0. The Balaban J connectivity index is 1.55. The monoisotopic (exact) mass is 392 g/mol. The summed E-state index contributed by atoms with van der Waals surface area (Å²) in [4.78, 5) is 11.1. The molecule has 4 rings (SSSR count). The van der Waals surface area contributed by atoms with Gasteiger partial charge in [-0.2, -0.15) is 0 Å². The molecule has 0 aromatic carbocycles. The third-order valence-corrected chi connectivity index (χ3v) is 10.2. The van der Waals surface area contributed by atoms with Crippen molar-refractivity contribution in [1.29, 1.82) is 0 Å². The van der Waals surface area contributed by atoms with Gasteiger partial charge in [-0.05, 0) is 104 Å². The number of hydrogen-bond donors (Lipinski definition) is 3. The molecule has 4 aliphatic carbocycles. The van der Waals surface area contributed by atoms with Gasteiger partial charge in [-0.1, -0.05) is 20.8 Å². The summed E-state index contributed by atoms with van der Waals surface area (Å²) in [6.45, 7) is 7.16. The molecule has 160 valence electrons. The van der Waals surface area contributed by atoms with Gasteiger partial charge >= 0.3 is 5.97 Å². The Morgan fingerprint density at radius 3 is 2.39 bits per heavy atom. The van der Waals surface area contributed by atoms with Crippen molar-refractivity contribution in [3.8, 4) is 0 Å². The molecular formula is C24H40O4. The fourth-order valence-electron chi connectivity index (χ4n) is 8.73. The van der Waals surface area contributed by atoms with Crippen LogP contribution in [0.5, 0.6) is 0 Å².